The first-order chi connectivity index (χ1) is 15.0. The average Bonchev–Trinajstić information content (AvgIpc) is 2.78. The van der Waals surface area contributed by atoms with Crippen LogP contribution in [0.3, 0.4) is 0 Å². The molecule has 0 aliphatic heterocycles. The Balaban J connectivity index is 1.58. The van der Waals surface area contributed by atoms with Crippen LogP contribution in [-0.2, 0) is 0 Å². The zero-order chi connectivity index (χ0) is 21.8. The molecule has 154 valence electrons. The molecule has 9 nitrogen and oxygen atoms in total. The summed E-state index contributed by atoms with van der Waals surface area (Å²) in [5.74, 6) is -0.661. The summed E-state index contributed by atoms with van der Waals surface area (Å²) in [6.45, 7) is 0. The number of anilines is 3. The van der Waals surface area contributed by atoms with E-state index in [0.29, 0.717) is 16.3 Å². The van der Waals surface area contributed by atoms with Crippen LogP contribution in [0.1, 0.15) is 10.4 Å². The fourth-order valence-corrected chi connectivity index (χ4v) is 3.14. The van der Waals surface area contributed by atoms with E-state index in [1.165, 1.54) is 0 Å². The van der Waals surface area contributed by atoms with Crippen LogP contribution < -0.4 is 16.2 Å². The van der Waals surface area contributed by atoms with Crippen LogP contribution in [-0.4, -0.2) is 20.8 Å². The van der Waals surface area contributed by atoms with Gasteiger partial charge in [-0.2, -0.15) is 0 Å². The largest absolute Gasteiger partial charge is 0.355 e. The number of hydrogen-bond acceptors (Lipinski definition) is 7. The molecule has 3 N–H and O–H groups in total. The number of benzene rings is 3. The van der Waals surface area contributed by atoms with Crippen LogP contribution >= 0.6 is 11.6 Å². The van der Waals surface area contributed by atoms with Gasteiger partial charge in [0.2, 0.25) is 11.6 Å². The molecule has 0 radical (unpaired) electrons. The van der Waals surface area contributed by atoms with Gasteiger partial charge in [-0.05, 0) is 41.1 Å². The van der Waals surface area contributed by atoms with E-state index < -0.39 is 16.5 Å². The SMILES string of the molecule is O=C(NNc1ncnc(Nc2ccc(Cl)cc2)c1[N+](=O)[O-])c1cccc2ccccc12. The van der Waals surface area contributed by atoms with Crippen molar-refractivity contribution in [2.75, 3.05) is 10.7 Å². The molecule has 4 rings (SSSR count). The van der Waals surface area contributed by atoms with Crippen molar-refractivity contribution in [2.24, 2.45) is 0 Å². The Hall–Kier alpha value is -4.24. The van der Waals surface area contributed by atoms with Gasteiger partial charge >= 0.3 is 5.69 Å². The summed E-state index contributed by atoms with van der Waals surface area (Å²) in [7, 11) is 0. The number of aromatic nitrogens is 2. The topological polar surface area (TPSA) is 122 Å². The lowest BCUT2D eigenvalue weighted by atomic mass is 10.0. The molecule has 1 amide bonds. The molecule has 0 atom stereocenters. The molecule has 0 bridgehead atoms. The van der Waals surface area contributed by atoms with E-state index in [1.54, 1.807) is 36.4 Å². The summed E-state index contributed by atoms with van der Waals surface area (Å²) in [6, 6.07) is 19.3. The normalized spacial score (nSPS) is 10.5. The van der Waals surface area contributed by atoms with E-state index in [-0.39, 0.29) is 11.6 Å². The molecule has 4 aromatic rings. The van der Waals surface area contributed by atoms with Gasteiger partial charge in [-0.3, -0.25) is 25.8 Å². The lowest BCUT2D eigenvalue weighted by Gasteiger charge is -2.12. The summed E-state index contributed by atoms with van der Waals surface area (Å²) in [6.07, 6.45) is 1.15. The van der Waals surface area contributed by atoms with Gasteiger partial charge in [0.1, 0.15) is 6.33 Å². The molecule has 0 aliphatic carbocycles. The van der Waals surface area contributed by atoms with Crippen molar-refractivity contribution in [2.45, 2.75) is 0 Å². The summed E-state index contributed by atoms with van der Waals surface area (Å²) in [4.78, 5) is 31.6. The smallest absolute Gasteiger partial charge is 0.334 e. The number of nitrogens with zero attached hydrogens (tertiary/aromatic N) is 3. The Morgan fingerprint density at radius 3 is 2.42 bits per heavy atom. The maximum Gasteiger partial charge on any atom is 0.355 e. The van der Waals surface area contributed by atoms with E-state index in [0.717, 1.165) is 17.1 Å². The Labute approximate surface area is 181 Å². The molecule has 1 aromatic heterocycles. The second-order valence-corrected chi connectivity index (χ2v) is 6.85. The average molecular weight is 435 g/mol. The minimum absolute atomic E-state index is 0.0377. The lowest BCUT2D eigenvalue weighted by Crippen LogP contribution is -2.30. The van der Waals surface area contributed by atoms with Crippen molar-refractivity contribution in [3.05, 3.63) is 93.8 Å². The number of fused-ring (bicyclic) bond motifs is 1. The summed E-state index contributed by atoms with van der Waals surface area (Å²) < 4.78 is 0. The van der Waals surface area contributed by atoms with Crippen LogP contribution in [0, 0.1) is 10.1 Å². The van der Waals surface area contributed by atoms with Crippen molar-refractivity contribution in [3.8, 4) is 0 Å². The summed E-state index contributed by atoms with van der Waals surface area (Å²) in [5, 5.41) is 16.7. The number of carbonyl (C=O) groups excluding carboxylic acids is 1. The first-order valence-corrected chi connectivity index (χ1v) is 9.47. The van der Waals surface area contributed by atoms with Crippen molar-refractivity contribution in [3.63, 3.8) is 0 Å². The van der Waals surface area contributed by atoms with Gasteiger partial charge in [0, 0.05) is 16.3 Å². The van der Waals surface area contributed by atoms with Gasteiger partial charge in [-0.15, -0.1) is 0 Å². The number of nitro groups is 1. The Kier molecular flexibility index (Phi) is 5.59. The fraction of sp³-hybridized carbons (Fsp3) is 0. The molecule has 0 aliphatic rings. The Morgan fingerprint density at radius 1 is 0.935 bits per heavy atom. The highest BCUT2D eigenvalue weighted by Crippen LogP contribution is 2.31. The van der Waals surface area contributed by atoms with Crippen LogP contribution in [0.2, 0.25) is 5.02 Å². The molecule has 10 heteroatoms. The monoisotopic (exact) mass is 434 g/mol. The molecule has 0 saturated carbocycles. The quantitative estimate of drug-likeness (QED) is 0.297. The van der Waals surface area contributed by atoms with Gasteiger partial charge in [-0.1, -0.05) is 48.0 Å². The van der Waals surface area contributed by atoms with E-state index in [9.17, 15) is 14.9 Å². The third-order valence-electron chi connectivity index (χ3n) is 4.44. The standard InChI is InChI=1S/C21H15ClN6O3/c22-14-8-10-15(11-9-14)25-19-18(28(30)31)20(24-12-23-19)26-27-21(29)17-7-3-5-13-4-1-2-6-16(13)17/h1-12H,(H,27,29)(H2,23,24,25,26). The molecule has 0 spiro atoms. The summed E-state index contributed by atoms with van der Waals surface area (Å²) >= 11 is 5.87. The van der Waals surface area contributed by atoms with E-state index in [1.807, 2.05) is 30.3 Å². The highest BCUT2D eigenvalue weighted by molar-refractivity contribution is 6.30. The first kappa shape index (κ1) is 20.0. The number of carbonyl (C=O) groups is 1. The molecule has 31 heavy (non-hydrogen) atoms. The third-order valence-corrected chi connectivity index (χ3v) is 4.69. The number of hydrazine groups is 1. The van der Waals surface area contributed by atoms with Crippen LogP contribution in [0.5, 0.6) is 0 Å². The van der Waals surface area contributed by atoms with Crippen molar-refractivity contribution < 1.29 is 9.72 Å². The molecular weight excluding hydrogens is 420 g/mol. The van der Waals surface area contributed by atoms with Crippen LogP contribution in [0.15, 0.2) is 73.1 Å². The minimum atomic E-state index is -0.634. The van der Waals surface area contributed by atoms with Gasteiger partial charge in [0.05, 0.1) is 4.92 Å². The van der Waals surface area contributed by atoms with Gasteiger partial charge in [-0.25, -0.2) is 9.97 Å². The first-order valence-electron chi connectivity index (χ1n) is 9.09. The second-order valence-electron chi connectivity index (χ2n) is 6.41. The zero-order valence-corrected chi connectivity index (χ0v) is 16.6. The van der Waals surface area contributed by atoms with Crippen LogP contribution in [0.4, 0.5) is 23.0 Å². The van der Waals surface area contributed by atoms with Gasteiger partial charge < -0.3 is 5.32 Å². The third kappa shape index (κ3) is 4.36. The maximum absolute atomic E-state index is 12.7. The molecular formula is C21H15ClN6O3. The second kappa shape index (κ2) is 8.64. The van der Waals surface area contributed by atoms with E-state index in [4.69, 9.17) is 11.6 Å². The highest BCUT2D eigenvalue weighted by atomic mass is 35.5. The zero-order valence-electron chi connectivity index (χ0n) is 15.9. The van der Waals surface area contributed by atoms with Crippen LogP contribution in [0.25, 0.3) is 10.8 Å². The molecule has 1 heterocycles. The number of nitrogens with one attached hydrogen (secondary N) is 3. The number of halogens is 1. The predicted octanol–water partition coefficient (Wildman–Crippen LogP) is 4.69. The van der Waals surface area contributed by atoms with E-state index in [2.05, 4.69) is 26.1 Å². The number of rotatable bonds is 6. The predicted molar refractivity (Wildman–Crippen MR) is 118 cm³/mol. The Morgan fingerprint density at radius 2 is 1.65 bits per heavy atom. The van der Waals surface area contributed by atoms with Crippen molar-refractivity contribution >= 4 is 51.3 Å². The van der Waals surface area contributed by atoms with Gasteiger partial charge in [0.15, 0.2) is 0 Å². The minimum Gasteiger partial charge on any atom is -0.334 e. The van der Waals surface area contributed by atoms with E-state index >= 15 is 0 Å². The molecule has 3 aromatic carbocycles. The lowest BCUT2D eigenvalue weighted by molar-refractivity contribution is -0.383. The van der Waals surface area contributed by atoms with Gasteiger partial charge in [0.25, 0.3) is 5.91 Å². The molecule has 0 saturated heterocycles. The highest BCUT2D eigenvalue weighted by Gasteiger charge is 2.24. The Bertz CT molecular complexity index is 1270. The molecule has 0 fully saturated rings. The number of amides is 1. The maximum atomic E-state index is 12.7. The van der Waals surface area contributed by atoms with Crippen molar-refractivity contribution in [1.29, 1.82) is 0 Å². The molecule has 0 unspecified atom stereocenters. The summed E-state index contributed by atoms with van der Waals surface area (Å²) in [5.41, 5.74) is 5.56. The van der Waals surface area contributed by atoms with Crippen molar-refractivity contribution in [1.82, 2.24) is 15.4 Å². The fourth-order valence-electron chi connectivity index (χ4n) is 3.01. The number of hydrogen-bond donors (Lipinski definition) is 3.